The van der Waals surface area contributed by atoms with Crippen LogP contribution in [0.1, 0.15) is 44.2 Å². The lowest BCUT2D eigenvalue weighted by molar-refractivity contribution is -0.148. The number of unbranched alkanes of at least 4 members (excludes halogenated alkanes) is 1. The van der Waals surface area contributed by atoms with E-state index < -0.39 is 0 Å². The first kappa shape index (κ1) is 23.1. The lowest BCUT2D eigenvalue weighted by Gasteiger charge is -2.44. The molecule has 2 aliphatic heterocycles. The Hall–Kier alpha value is -3.02. The van der Waals surface area contributed by atoms with Crippen molar-refractivity contribution in [2.75, 3.05) is 44.7 Å². The summed E-state index contributed by atoms with van der Waals surface area (Å²) in [5.41, 5.74) is 2.14. The molecule has 4 rings (SSSR count). The molecule has 0 spiro atoms. The first-order valence-electron chi connectivity index (χ1n) is 12.1. The van der Waals surface area contributed by atoms with Crippen LogP contribution in [-0.4, -0.2) is 61.4 Å². The maximum absolute atomic E-state index is 13.8. The second-order valence-corrected chi connectivity index (χ2v) is 8.92. The molecule has 6 heteroatoms. The van der Waals surface area contributed by atoms with E-state index >= 15 is 0 Å². The standard InChI is InChI=1S/C27H35N3O3/c1-3-4-16-30-25(31)15-14-23(26(30)22-12-8-9-13-24(22)33-2)27(32)29-19-17-28(18-20-29)21-10-6-5-7-11-21/h5-13,23,26H,3-4,14-20H2,1-2H3. The maximum Gasteiger partial charge on any atom is 0.228 e. The molecule has 2 aliphatic rings. The summed E-state index contributed by atoms with van der Waals surface area (Å²) in [4.78, 5) is 33.1. The van der Waals surface area contributed by atoms with E-state index in [9.17, 15) is 9.59 Å². The number of amides is 2. The van der Waals surface area contributed by atoms with Crippen molar-refractivity contribution >= 4 is 17.5 Å². The van der Waals surface area contributed by atoms with Crippen LogP contribution < -0.4 is 9.64 Å². The van der Waals surface area contributed by atoms with E-state index in [0.717, 1.165) is 37.2 Å². The van der Waals surface area contributed by atoms with Gasteiger partial charge >= 0.3 is 0 Å². The van der Waals surface area contributed by atoms with Crippen molar-refractivity contribution in [1.29, 1.82) is 0 Å². The molecule has 6 nitrogen and oxygen atoms in total. The second kappa shape index (κ2) is 10.7. The molecule has 0 bridgehead atoms. The molecule has 0 N–H and O–H groups in total. The molecule has 0 saturated carbocycles. The highest BCUT2D eigenvalue weighted by atomic mass is 16.5. The zero-order valence-electron chi connectivity index (χ0n) is 19.8. The third kappa shape index (κ3) is 5.00. The van der Waals surface area contributed by atoms with Crippen LogP contribution in [0.3, 0.4) is 0 Å². The van der Waals surface area contributed by atoms with Gasteiger partial charge in [0.2, 0.25) is 11.8 Å². The molecule has 0 aliphatic carbocycles. The number of para-hydroxylation sites is 2. The number of benzene rings is 2. The van der Waals surface area contributed by atoms with Gasteiger partial charge in [-0.15, -0.1) is 0 Å². The third-order valence-corrected chi connectivity index (χ3v) is 6.95. The average molecular weight is 450 g/mol. The van der Waals surface area contributed by atoms with E-state index in [1.54, 1.807) is 7.11 Å². The van der Waals surface area contributed by atoms with Crippen LogP contribution in [0.4, 0.5) is 5.69 Å². The Balaban J connectivity index is 1.56. The summed E-state index contributed by atoms with van der Waals surface area (Å²) in [7, 11) is 1.65. The van der Waals surface area contributed by atoms with Gasteiger partial charge < -0.3 is 19.4 Å². The molecule has 2 heterocycles. The van der Waals surface area contributed by atoms with Gasteiger partial charge in [-0.2, -0.15) is 0 Å². The van der Waals surface area contributed by atoms with Gasteiger partial charge in [0.1, 0.15) is 5.75 Å². The van der Waals surface area contributed by atoms with Crippen LogP contribution in [0, 0.1) is 5.92 Å². The first-order valence-corrected chi connectivity index (χ1v) is 12.1. The number of hydrogen-bond acceptors (Lipinski definition) is 4. The van der Waals surface area contributed by atoms with Crippen molar-refractivity contribution in [2.24, 2.45) is 5.92 Å². The van der Waals surface area contributed by atoms with E-state index in [0.29, 0.717) is 32.5 Å². The molecular formula is C27H35N3O3. The number of piperazine rings is 1. The smallest absolute Gasteiger partial charge is 0.228 e. The van der Waals surface area contributed by atoms with Crippen LogP contribution >= 0.6 is 0 Å². The number of anilines is 1. The van der Waals surface area contributed by atoms with E-state index in [-0.39, 0.29) is 23.8 Å². The van der Waals surface area contributed by atoms with E-state index in [4.69, 9.17) is 4.74 Å². The Kier molecular flexibility index (Phi) is 7.53. The average Bonchev–Trinajstić information content (AvgIpc) is 2.88. The molecule has 0 aromatic heterocycles. The fraction of sp³-hybridized carbons (Fsp3) is 0.481. The second-order valence-electron chi connectivity index (χ2n) is 8.92. The largest absolute Gasteiger partial charge is 0.496 e. The number of nitrogens with zero attached hydrogens (tertiary/aromatic N) is 3. The molecule has 0 radical (unpaired) electrons. The summed E-state index contributed by atoms with van der Waals surface area (Å²) in [5.74, 6) is 0.787. The summed E-state index contributed by atoms with van der Waals surface area (Å²) < 4.78 is 5.65. The van der Waals surface area contributed by atoms with Crippen molar-refractivity contribution in [3.63, 3.8) is 0 Å². The van der Waals surface area contributed by atoms with Gasteiger partial charge in [0.15, 0.2) is 0 Å². The predicted molar refractivity (Wildman–Crippen MR) is 130 cm³/mol. The number of hydrogen-bond donors (Lipinski definition) is 0. The Bertz CT molecular complexity index is 941. The van der Waals surface area contributed by atoms with Crippen molar-refractivity contribution in [1.82, 2.24) is 9.80 Å². The fourth-order valence-corrected chi connectivity index (χ4v) is 5.16. The maximum atomic E-state index is 13.8. The summed E-state index contributed by atoms with van der Waals surface area (Å²) >= 11 is 0. The van der Waals surface area contributed by atoms with Crippen LogP contribution in [0.15, 0.2) is 54.6 Å². The van der Waals surface area contributed by atoms with Crippen LogP contribution in [0.2, 0.25) is 0 Å². The molecule has 2 saturated heterocycles. The zero-order chi connectivity index (χ0) is 23.2. The van der Waals surface area contributed by atoms with E-state index in [2.05, 4.69) is 36.1 Å². The predicted octanol–water partition coefficient (Wildman–Crippen LogP) is 4.12. The highest BCUT2D eigenvalue weighted by molar-refractivity contribution is 5.85. The summed E-state index contributed by atoms with van der Waals surface area (Å²) in [6, 6.07) is 17.9. The molecule has 2 aromatic carbocycles. The first-order chi connectivity index (χ1) is 16.1. The number of carbonyl (C=O) groups excluding carboxylic acids is 2. The van der Waals surface area contributed by atoms with Crippen LogP contribution in [0.25, 0.3) is 0 Å². The van der Waals surface area contributed by atoms with Crippen LogP contribution in [-0.2, 0) is 9.59 Å². The topological polar surface area (TPSA) is 53.1 Å². The van der Waals surface area contributed by atoms with Gasteiger partial charge in [-0.05, 0) is 31.0 Å². The van der Waals surface area contributed by atoms with Gasteiger partial charge in [0, 0.05) is 50.4 Å². The quantitative estimate of drug-likeness (QED) is 0.638. The molecule has 2 atom stereocenters. The highest BCUT2D eigenvalue weighted by Gasteiger charge is 2.43. The fourth-order valence-electron chi connectivity index (χ4n) is 5.16. The summed E-state index contributed by atoms with van der Waals surface area (Å²) in [6.07, 6.45) is 2.94. The molecule has 2 unspecified atom stereocenters. The van der Waals surface area contributed by atoms with Gasteiger partial charge in [0.05, 0.1) is 19.1 Å². The molecule has 33 heavy (non-hydrogen) atoms. The number of rotatable bonds is 7. The van der Waals surface area contributed by atoms with Crippen molar-refractivity contribution < 1.29 is 14.3 Å². The van der Waals surface area contributed by atoms with E-state index in [1.807, 2.05) is 40.1 Å². The summed E-state index contributed by atoms with van der Waals surface area (Å²) in [6.45, 7) is 5.84. The molecule has 176 valence electrons. The van der Waals surface area contributed by atoms with Gasteiger partial charge in [-0.1, -0.05) is 49.7 Å². The van der Waals surface area contributed by atoms with Crippen molar-refractivity contribution in [3.8, 4) is 5.75 Å². The SMILES string of the molecule is CCCCN1C(=O)CCC(C(=O)N2CCN(c3ccccc3)CC2)C1c1ccccc1OC. The zero-order valence-corrected chi connectivity index (χ0v) is 19.8. The molecular weight excluding hydrogens is 414 g/mol. The lowest BCUT2D eigenvalue weighted by Crippen LogP contribution is -2.54. The number of carbonyl (C=O) groups is 2. The van der Waals surface area contributed by atoms with E-state index in [1.165, 1.54) is 5.69 Å². The molecule has 2 aromatic rings. The highest BCUT2D eigenvalue weighted by Crippen LogP contribution is 2.41. The van der Waals surface area contributed by atoms with Crippen LogP contribution in [0.5, 0.6) is 5.75 Å². The monoisotopic (exact) mass is 449 g/mol. The minimum absolute atomic E-state index is 0.136. The number of methoxy groups -OCH3 is 1. The Morgan fingerprint density at radius 3 is 2.39 bits per heavy atom. The van der Waals surface area contributed by atoms with Crippen molar-refractivity contribution in [2.45, 2.75) is 38.6 Å². The van der Waals surface area contributed by atoms with Gasteiger partial charge in [-0.3, -0.25) is 9.59 Å². The Morgan fingerprint density at radius 2 is 1.70 bits per heavy atom. The minimum atomic E-state index is -0.284. The molecule has 2 fully saturated rings. The number of piperidine rings is 1. The minimum Gasteiger partial charge on any atom is -0.496 e. The molecule has 2 amide bonds. The number of ether oxygens (including phenoxy) is 1. The van der Waals surface area contributed by atoms with Crippen molar-refractivity contribution in [3.05, 3.63) is 60.2 Å². The number of likely N-dealkylation sites (tertiary alicyclic amines) is 1. The third-order valence-electron chi connectivity index (χ3n) is 6.95. The normalized spacial score (nSPS) is 21.3. The Morgan fingerprint density at radius 1 is 1.00 bits per heavy atom. The summed E-state index contributed by atoms with van der Waals surface area (Å²) in [5, 5.41) is 0. The lowest BCUT2D eigenvalue weighted by atomic mass is 9.82. The Labute approximate surface area is 197 Å². The van der Waals surface area contributed by atoms with Gasteiger partial charge in [0.25, 0.3) is 0 Å². The van der Waals surface area contributed by atoms with Gasteiger partial charge in [-0.25, -0.2) is 0 Å².